The van der Waals surface area contributed by atoms with Crippen molar-refractivity contribution in [1.82, 2.24) is 4.73 Å². The van der Waals surface area contributed by atoms with Gasteiger partial charge < -0.3 is 14.7 Å². The first-order valence-electron chi connectivity index (χ1n) is 7.05. The van der Waals surface area contributed by atoms with Crippen LogP contribution in [0.5, 0.6) is 0 Å². The molecule has 0 N–H and O–H groups in total. The van der Waals surface area contributed by atoms with E-state index in [1.807, 2.05) is 0 Å². The molecule has 0 fully saturated rings. The average molecular weight is 339 g/mol. The monoisotopic (exact) mass is 339 g/mol. The molecule has 1 heterocycles. The van der Waals surface area contributed by atoms with Gasteiger partial charge in [0.1, 0.15) is 17.4 Å². The second kappa shape index (κ2) is 6.05. The summed E-state index contributed by atoms with van der Waals surface area (Å²) in [6, 6.07) is 10.4. The highest BCUT2D eigenvalue weighted by atomic mass is 19.1. The molecule has 1 aromatic heterocycles. The first-order chi connectivity index (χ1) is 12.0. The molecule has 0 unspecified atom stereocenters. The molecule has 0 saturated carbocycles. The summed E-state index contributed by atoms with van der Waals surface area (Å²) in [6.45, 7) is 0. The van der Waals surface area contributed by atoms with Gasteiger partial charge in [-0.1, -0.05) is 0 Å². The first kappa shape index (κ1) is 16.1. The largest absolute Gasteiger partial charge is 0.804 e. The molecule has 7 nitrogen and oxygen atoms in total. The van der Waals surface area contributed by atoms with Gasteiger partial charge in [0.2, 0.25) is 0 Å². The Hall–Kier alpha value is -3.73. The summed E-state index contributed by atoms with van der Waals surface area (Å²) in [7, 11) is 1.23. The van der Waals surface area contributed by atoms with Crippen molar-refractivity contribution >= 4 is 17.0 Å². The van der Waals surface area contributed by atoms with Crippen LogP contribution in [0.2, 0.25) is 0 Å². The molecular weight excluding hydrogens is 329 g/mol. The minimum atomic E-state index is -0.698. The lowest BCUT2D eigenvalue weighted by Gasteiger charge is -2.14. The molecule has 25 heavy (non-hydrogen) atoms. The number of carbonyl (C=O) groups is 1. The van der Waals surface area contributed by atoms with Crippen molar-refractivity contribution in [3.8, 4) is 17.3 Å². The van der Waals surface area contributed by atoms with Crippen molar-refractivity contribution in [3.63, 3.8) is 0 Å². The number of esters is 1. The summed E-state index contributed by atoms with van der Waals surface area (Å²) in [5, 5.41) is 21.7. The highest BCUT2D eigenvalue weighted by Gasteiger charge is 2.25. The lowest BCUT2D eigenvalue weighted by molar-refractivity contribution is -0.452. The molecule has 0 aliphatic heterocycles. The number of rotatable bonds is 2. The van der Waals surface area contributed by atoms with Crippen molar-refractivity contribution in [2.45, 2.75) is 0 Å². The fraction of sp³-hybridized carbons (Fsp3) is 0.0588. The van der Waals surface area contributed by atoms with Gasteiger partial charge in [-0.15, -0.1) is 0 Å². The van der Waals surface area contributed by atoms with Gasteiger partial charge >= 0.3 is 11.7 Å². The first-order valence-corrected chi connectivity index (χ1v) is 7.05. The number of benzene rings is 2. The Morgan fingerprint density at radius 3 is 2.56 bits per heavy atom. The van der Waals surface area contributed by atoms with Crippen LogP contribution < -0.4 is 4.43 Å². The molecule has 124 valence electrons. The molecule has 3 rings (SSSR count). The molecule has 3 aromatic rings. The van der Waals surface area contributed by atoms with Crippen molar-refractivity contribution in [2.75, 3.05) is 7.11 Å². The number of carbonyl (C=O) groups excluding carboxylic acids is 1. The standard InChI is InChI=1S/C17H10FN3O4/c1-25-17(22)11-4-2-10(3-5-11)16-15(9-19)20(23)14-8-12(18)6-7-13(14)21(16)24/h2-8H,1H3. The maximum absolute atomic E-state index is 13.4. The van der Waals surface area contributed by atoms with E-state index in [-0.39, 0.29) is 32.6 Å². The van der Waals surface area contributed by atoms with Crippen molar-refractivity contribution in [1.29, 1.82) is 5.26 Å². The number of halogens is 1. The fourth-order valence-corrected chi connectivity index (χ4v) is 2.50. The summed E-state index contributed by atoms with van der Waals surface area (Å²) < 4.78 is 18.6. The molecule has 0 saturated heterocycles. The van der Waals surface area contributed by atoms with Crippen LogP contribution in [-0.4, -0.2) is 17.8 Å². The van der Waals surface area contributed by atoms with Crippen LogP contribution in [-0.2, 0) is 4.74 Å². The second-order valence-corrected chi connectivity index (χ2v) is 5.10. The molecule has 0 amide bonds. The average Bonchev–Trinajstić information content (AvgIpc) is 2.63. The summed E-state index contributed by atoms with van der Waals surface area (Å²) in [5.74, 6) is -1.26. The van der Waals surface area contributed by atoms with Gasteiger partial charge in [0.15, 0.2) is 5.69 Å². The van der Waals surface area contributed by atoms with E-state index in [1.165, 1.54) is 37.4 Å². The smallest absolute Gasteiger partial charge is 0.337 e. The van der Waals surface area contributed by atoms with Crippen LogP contribution in [0.3, 0.4) is 0 Å². The van der Waals surface area contributed by atoms with Crippen molar-refractivity contribution < 1.29 is 18.3 Å². The zero-order valence-electron chi connectivity index (χ0n) is 12.9. The second-order valence-electron chi connectivity index (χ2n) is 5.10. The third-order valence-electron chi connectivity index (χ3n) is 3.69. The molecular formula is C17H10FN3O4. The fourth-order valence-electron chi connectivity index (χ4n) is 2.50. The Morgan fingerprint density at radius 1 is 1.28 bits per heavy atom. The zero-order chi connectivity index (χ0) is 18.1. The van der Waals surface area contributed by atoms with Crippen LogP contribution in [0, 0.1) is 27.3 Å². The predicted molar refractivity (Wildman–Crippen MR) is 85.5 cm³/mol. The van der Waals surface area contributed by atoms with Gasteiger partial charge in [-0.25, -0.2) is 9.18 Å². The quantitative estimate of drug-likeness (QED) is 0.527. The van der Waals surface area contributed by atoms with Crippen LogP contribution in [0.4, 0.5) is 4.39 Å². The summed E-state index contributed by atoms with van der Waals surface area (Å²) in [6.07, 6.45) is 0. The molecule has 0 spiro atoms. The molecule has 8 heteroatoms. The van der Waals surface area contributed by atoms with E-state index < -0.39 is 17.5 Å². The number of nitriles is 1. The zero-order valence-corrected chi connectivity index (χ0v) is 12.9. The van der Waals surface area contributed by atoms with Gasteiger partial charge in [-0.2, -0.15) is 5.26 Å². The SMILES string of the molecule is COC(=O)c1ccc(-c2c(C#N)n([O-])c3cc(F)ccc3[n+]2=O)cc1. The van der Waals surface area contributed by atoms with Gasteiger partial charge in [-0.3, -0.25) is 0 Å². The molecule has 0 bridgehead atoms. The number of nitrogens with zero attached hydrogens (tertiary/aromatic N) is 3. The number of hydrogen-bond acceptors (Lipinski definition) is 5. The predicted octanol–water partition coefficient (Wildman–Crippen LogP) is 2.37. The third-order valence-corrected chi connectivity index (χ3v) is 3.69. The lowest BCUT2D eigenvalue weighted by Crippen LogP contribution is -2.24. The van der Waals surface area contributed by atoms with Gasteiger partial charge in [0, 0.05) is 17.0 Å². The molecule has 0 aliphatic carbocycles. The Balaban J connectivity index is 2.31. The van der Waals surface area contributed by atoms with E-state index in [9.17, 15) is 24.6 Å². The van der Waals surface area contributed by atoms with Crippen molar-refractivity contribution in [2.24, 2.45) is 0 Å². The number of hydrogen-bond donors (Lipinski definition) is 0. The maximum Gasteiger partial charge on any atom is 0.337 e. The summed E-state index contributed by atoms with van der Waals surface area (Å²) in [5.41, 5.74) is -0.481. The third kappa shape index (κ3) is 2.57. The normalized spacial score (nSPS) is 10.4. The Bertz CT molecular complexity index is 1100. The number of fused-ring (bicyclic) bond motifs is 1. The highest BCUT2D eigenvalue weighted by molar-refractivity contribution is 5.90. The minimum absolute atomic E-state index is 0.0811. The highest BCUT2D eigenvalue weighted by Crippen LogP contribution is 2.23. The van der Waals surface area contributed by atoms with Gasteiger partial charge in [0.05, 0.1) is 22.7 Å². The maximum atomic E-state index is 13.4. The molecule has 0 radical (unpaired) electrons. The topological polar surface area (TPSA) is 101 Å². The van der Waals surface area contributed by atoms with Crippen LogP contribution in [0.15, 0.2) is 42.5 Å². The minimum Gasteiger partial charge on any atom is -0.804 e. The van der Waals surface area contributed by atoms with E-state index in [0.717, 1.165) is 12.1 Å². The van der Waals surface area contributed by atoms with E-state index in [0.29, 0.717) is 4.43 Å². The van der Waals surface area contributed by atoms with E-state index >= 15 is 0 Å². The Kier molecular flexibility index (Phi) is 3.91. The van der Waals surface area contributed by atoms with Crippen LogP contribution in [0.25, 0.3) is 22.3 Å². The van der Waals surface area contributed by atoms with E-state index in [4.69, 9.17) is 0 Å². The number of ether oxygens (including phenoxy) is 1. The molecule has 2 aromatic carbocycles. The van der Waals surface area contributed by atoms with Gasteiger partial charge in [-0.05, 0) is 30.3 Å². The number of methoxy groups -OCH3 is 1. The number of aromatic nitrogens is 2. The van der Waals surface area contributed by atoms with Crippen molar-refractivity contribution in [3.05, 3.63) is 69.7 Å². The molecule has 0 atom stereocenters. The van der Waals surface area contributed by atoms with Crippen LogP contribution >= 0.6 is 0 Å². The van der Waals surface area contributed by atoms with Crippen LogP contribution in [0.1, 0.15) is 16.1 Å². The van der Waals surface area contributed by atoms with E-state index in [1.54, 1.807) is 6.07 Å². The Labute approximate surface area is 140 Å². The summed E-state index contributed by atoms with van der Waals surface area (Å²) in [4.78, 5) is 24.1. The van der Waals surface area contributed by atoms with Gasteiger partial charge in [0.25, 0.3) is 5.52 Å². The molecule has 0 aliphatic rings. The Morgan fingerprint density at radius 2 is 1.96 bits per heavy atom. The summed E-state index contributed by atoms with van der Waals surface area (Å²) >= 11 is 0. The van der Waals surface area contributed by atoms with E-state index in [2.05, 4.69) is 4.74 Å². The lowest BCUT2D eigenvalue weighted by atomic mass is 10.1.